The Morgan fingerprint density at radius 3 is 1.92 bits per heavy atom. The van der Waals surface area contributed by atoms with Crippen LogP contribution in [0.5, 0.6) is 17.2 Å². The summed E-state index contributed by atoms with van der Waals surface area (Å²) in [4.78, 5) is 12.3. The molecule has 0 aliphatic heterocycles. The molecule has 0 aliphatic rings. The fourth-order valence-electron chi connectivity index (χ4n) is 2.28. The summed E-state index contributed by atoms with van der Waals surface area (Å²) in [6, 6.07) is 11.7. The molecule has 2 rings (SSSR count). The predicted molar refractivity (Wildman–Crippen MR) is 99.4 cm³/mol. The topological polar surface area (TPSA) is 55.8 Å². The largest absolute Gasteiger partial charge is 0.508 e. The van der Waals surface area contributed by atoms with Gasteiger partial charge in [0.25, 0.3) is 0 Å². The Morgan fingerprint density at radius 2 is 1.44 bits per heavy atom. The number of ether oxygens (including phenoxy) is 2. The van der Waals surface area contributed by atoms with Crippen LogP contribution in [0.25, 0.3) is 6.08 Å². The molecule has 0 aliphatic carbocycles. The molecule has 0 saturated carbocycles. The van der Waals surface area contributed by atoms with Crippen molar-refractivity contribution < 1.29 is 19.4 Å². The second-order valence-corrected chi connectivity index (χ2v) is 6.25. The molecule has 4 heteroatoms. The molecular weight excluding hydrogens is 316 g/mol. The molecule has 0 saturated heterocycles. The second kappa shape index (κ2) is 8.38. The predicted octanol–water partition coefficient (Wildman–Crippen LogP) is 4.86. The lowest BCUT2D eigenvalue weighted by molar-refractivity contribution is 0.104. The van der Waals surface area contributed by atoms with Gasteiger partial charge in [-0.1, -0.05) is 6.07 Å². The summed E-state index contributed by atoms with van der Waals surface area (Å²) in [6.07, 6.45) is 3.22. The SMILES string of the molecule is CC(C)Oc1cccc(OC(C)C)c1C=CC(=O)c1ccc(O)cc1. The van der Waals surface area contributed by atoms with Crippen molar-refractivity contribution in [3.8, 4) is 17.2 Å². The van der Waals surface area contributed by atoms with E-state index in [1.807, 2.05) is 45.9 Å². The zero-order chi connectivity index (χ0) is 18.4. The summed E-state index contributed by atoms with van der Waals surface area (Å²) in [5, 5.41) is 9.32. The highest BCUT2D eigenvalue weighted by molar-refractivity contribution is 6.07. The van der Waals surface area contributed by atoms with Gasteiger partial charge in [-0.2, -0.15) is 0 Å². The van der Waals surface area contributed by atoms with E-state index in [9.17, 15) is 9.90 Å². The van der Waals surface area contributed by atoms with Crippen molar-refractivity contribution in [3.05, 3.63) is 59.7 Å². The highest BCUT2D eigenvalue weighted by atomic mass is 16.5. The average Bonchev–Trinajstić information content (AvgIpc) is 2.53. The summed E-state index contributed by atoms with van der Waals surface area (Å²) < 4.78 is 11.7. The number of ketones is 1. The zero-order valence-electron chi connectivity index (χ0n) is 15.0. The van der Waals surface area contributed by atoms with Gasteiger partial charge >= 0.3 is 0 Å². The Bertz CT molecular complexity index is 715. The van der Waals surface area contributed by atoms with Crippen molar-refractivity contribution >= 4 is 11.9 Å². The maximum atomic E-state index is 12.3. The normalized spacial score (nSPS) is 11.3. The van der Waals surface area contributed by atoms with Gasteiger partial charge in [-0.05, 0) is 76.2 Å². The molecule has 0 bridgehead atoms. The van der Waals surface area contributed by atoms with Crippen molar-refractivity contribution in [3.63, 3.8) is 0 Å². The molecule has 0 fully saturated rings. The number of allylic oxidation sites excluding steroid dienone is 1. The van der Waals surface area contributed by atoms with Crippen LogP contribution in [0.4, 0.5) is 0 Å². The minimum atomic E-state index is -0.158. The number of aromatic hydroxyl groups is 1. The monoisotopic (exact) mass is 340 g/mol. The van der Waals surface area contributed by atoms with Crippen LogP contribution >= 0.6 is 0 Å². The molecule has 0 aromatic heterocycles. The van der Waals surface area contributed by atoms with Gasteiger partial charge in [0.1, 0.15) is 17.2 Å². The van der Waals surface area contributed by atoms with Crippen molar-refractivity contribution in [2.75, 3.05) is 0 Å². The fourth-order valence-corrected chi connectivity index (χ4v) is 2.28. The van der Waals surface area contributed by atoms with Crippen LogP contribution in [0.15, 0.2) is 48.5 Å². The van der Waals surface area contributed by atoms with E-state index in [0.717, 1.165) is 5.56 Å². The first kappa shape index (κ1) is 18.6. The molecule has 1 N–H and O–H groups in total. The quantitative estimate of drug-likeness (QED) is 0.577. The molecule has 2 aromatic rings. The minimum absolute atomic E-state index is 0.00856. The molecule has 0 amide bonds. The van der Waals surface area contributed by atoms with Crippen LogP contribution in [0.1, 0.15) is 43.6 Å². The summed E-state index contributed by atoms with van der Waals surface area (Å²) in [5.74, 6) is 1.31. The summed E-state index contributed by atoms with van der Waals surface area (Å²) in [7, 11) is 0. The number of rotatable bonds is 7. The highest BCUT2D eigenvalue weighted by Gasteiger charge is 2.12. The van der Waals surface area contributed by atoms with Crippen LogP contribution in [0.2, 0.25) is 0 Å². The van der Waals surface area contributed by atoms with E-state index in [4.69, 9.17) is 9.47 Å². The van der Waals surface area contributed by atoms with Crippen molar-refractivity contribution in [1.29, 1.82) is 0 Å². The van der Waals surface area contributed by atoms with Crippen LogP contribution in [0, 0.1) is 0 Å². The number of hydrogen-bond acceptors (Lipinski definition) is 4. The van der Waals surface area contributed by atoms with E-state index in [-0.39, 0.29) is 23.7 Å². The van der Waals surface area contributed by atoms with Gasteiger partial charge in [-0.25, -0.2) is 0 Å². The van der Waals surface area contributed by atoms with E-state index in [2.05, 4.69) is 0 Å². The van der Waals surface area contributed by atoms with Crippen molar-refractivity contribution in [2.24, 2.45) is 0 Å². The third kappa shape index (κ3) is 5.38. The van der Waals surface area contributed by atoms with E-state index < -0.39 is 0 Å². The lowest BCUT2D eigenvalue weighted by Gasteiger charge is -2.17. The van der Waals surface area contributed by atoms with Crippen LogP contribution in [0.3, 0.4) is 0 Å². The fraction of sp³-hybridized carbons (Fsp3) is 0.286. The Hall–Kier alpha value is -2.75. The molecule has 0 radical (unpaired) electrons. The molecule has 25 heavy (non-hydrogen) atoms. The minimum Gasteiger partial charge on any atom is -0.508 e. The van der Waals surface area contributed by atoms with Gasteiger partial charge in [-0.3, -0.25) is 4.79 Å². The first-order valence-electron chi connectivity index (χ1n) is 8.34. The number of carbonyl (C=O) groups excluding carboxylic acids is 1. The maximum absolute atomic E-state index is 12.3. The van der Waals surface area contributed by atoms with Gasteiger partial charge in [-0.15, -0.1) is 0 Å². The summed E-state index contributed by atoms with van der Waals surface area (Å²) >= 11 is 0. The lowest BCUT2D eigenvalue weighted by Crippen LogP contribution is -2.10. The van der Waals surface area contributed by atoms with E-state index in [0.29, 0.717) is 17.1 Å². The molecular formula is C21H24O4. The first-order valence-corrected chi connectivity index (χ1v) is 8.34. The van der Waals surface area contributed by atoms with E-state index >= 15 is 0 Å². The number of carbonyl (C=O) groups is 1. The number of benzene rings is 2. The lowest BCUT2D eigenvalue weighted by atomic mass is 10.1. The first-order chi connectivity index (χ1) is 11.9. The van der Waals surface area contributed by atoms with E-state index in [1.165, 1.54) is 18.2 Å². The Morgan fingerprint density at radius 1 is 0.920 bits per heavy atom. The summed E-state index contributed by atoms with van der Waals surface area (Å²) in [6.45, 7) is 7.80. The van der Waals surface area contributed by atoms with Crippen LogP contribution in [-0.2, 0) is 0 Å². The highest BCUT2D eigenvalue weighted by Crippen LogP contribution is 2.31. The standard InChI is InChI=1S/C21H24O4/c1-14(2)24-20-6-5-7-21(25-15(3)4)18(20)12-13-19(23)16-8-10-17(22)11-9-16/h5-15,22H,1-4H3. The average molecular weight is 340 g/mol. The van der Waals surface area contributed by atoms with Crippen molar-refractivity contribution in [1.82, 2.24) is 0 Å². The molecule has 0 heterocycles. The van der Waals surface area contributed by atoms with Gasteiger partial charge in [0.2, 0.25) is 0 Å². The molecule has 4 nitrogen and oxygen atoms in total. The Kier molecular flexibility index (Phi) is 6.23. The molecule has 0 atom stereocenters. The Labute approximate surface area is 148 Å². The molecule has 0 unspecified atom stereocenters. The number of phenolic OH excluding ortho intramolecular Hbond substituents is 1. The third-order valence-corrected chi connectivity index (χ3v) is 3.30. The number of phenols is 1. The molecule has 132 valence electrons. The number of hydrogen-bond donors (Lipinski definition) is 1. The van der Waals surface area contributed by atoms with Gasteiger partial charge in [0.05, 0.1) is 17.8 Å². The van der Waals surface area contributed by atoms with Gasteiger partial charge < -0.3 is 14.6 Å². The van der Waals surface area contributed by atoms with Gasteiger partial charge in [0, 0.05) is 5.56 Å². The van der Waals surface area contributed by atoms with Crippen LogP contribution < -0.4 is 9.47 Å². The van der Waals surface area contributed by atoms with Crippen LogP contribution in [-0.4, -0.2) is 23.1 Å². The smallest absolute Gasteiger partial charge is 0.185 e. The Balaban J connectivity index is 2.34. The van der Waals surface area contributed by atoms with Gasteiger partial charge in [0.15, 0.2) is 5.78 Å². The van der Waals surface area contributed by atoms with E-state index in [1.54, 1.807) is 18.2 Å². The maximum Gasteiger partial charge on any atom is 0.185 e. The zero-order valence-corrected chi connectivity index (χ0v) is 15.0. The molecule has 2 aromatic carbocycles. The second-order valence-electron chi connectivity index (χ2n) is 6.25. The third-order valence-electron chi connectivity index (χ3n) is 3.30. The van der Waals surface area contributed by atoms with Crippen molar-refractivity contribution in [2.45, 2.75) is 39.9 Å². The molecule has 0 spiro atoms. The summed E-state index contributed by atoms with van der Waals surface area (Å²) in [5.41, 5.74) is 1.24.